The summed E-state index contributed by atoms with van der Waals surface area (Å²) >= 11 is 0. The lowest BCUT2D eigenvalue weighted by molar-refractivity contribution is 0.0515. The SMILES string of the molecule is Cc1cc(C(=O)N2CCN(C3CCCCC3)CC2)n(-c2ccccc2)n1. The van der Waals surface area contributed by atoms with E-state index in [4.69, 9.17) is 0 Å². The number of rotatable bonds is 3. The van der Waals surface area contributed by atoms with E-state index in [9.17, 15) is 4.79 Å². The first kappa shape index (κ1) is 17.3. The van der Waals surface area contributed by atoms with Crippen molar-refractivity contribution in [3.63, 3.8) is 0 Å². The molecule has 4 rings (SSSR count). The molecule has 5 heteroatoms. The molecule has 1 saturated carbocycles. The van der Waals surface area contributed by atoms with Gasteiger partial charge in [0.05, 0.1) is 11.4 Å². The van der Waals surface area contributed by atoms with Crippen molar-refractivity contribution >= 4 is 5.91 Å². The molecule has 2 aromatic rings. The van der Waals surface area contributed by atoms with Crippen LogP contribution in [0.1, 0.15) is 48.3 Å². The van der Waals surface area contributed by atoms with E-state index in [1.807, 2.05) is 48.2 Å². The number of piperazine rings is 1. The van der Waals surface area contributed by atoms with Gasteiger partial charge in [0.25, 0.3) is 5.91 Å². The molecule has 0 unspecified atom stereocenters. The number of carbonyl (C=O) groups excluding carboxylic acids is 1. The number of para-hydroxylation sites is 1. The summed E-state index contributed by atoms with van der Waals surface area (Å²) in [5.41, 5.74) is 2.47. The molecule has 1 amide bonds. The first-order valence-corrected chi connectivity index (χ1v) is 9.88. The highest BCUT2D eigenvalue weighted by molar-refractivity contribution is 5.93. The van der Waals surface area contributed by atoms with E-state index in [1.54, 1.807) is 4.68 Å². The van der Waals surface area contributed by atoms with Crippen LogP contribution in [0.5, 0.6) is 0 Å². The molecule has 2 heterocycles. The summed E-state index contributed by atoms with van der Waals surface area (Å²) < 4.78 is 1.78. The summed E-state index contributed by atoms with van der Waals surface area (Å²) in [4.78, 5) is 17.7. The average molecular weight is 352 g/mol. The van der Waals surface area contributed by atoms with Crippen LogP contribution in [0.15, 0.2) is 36.4 Å². The number of aryl methyl sites for hydroxylation is 1. The summed E-state index contributed by atoms with van der Waals surface area (Å²) in [6.07, 6.45) is 6.76. The minimum Gasteiger partial charge on any atom is -0.335 e. The first-order chi connectivity index (χ1) is 12.7. The molecule has 0 atom stereocenters. The number of amides is 1. The molecule has 5 nitrogen and oxygen atoms in total. The van der Waals surface area contributed by atoms with E-state index in [0.717, 1.165) is 43.6 Å². The van der Waals surface area contributed by atoms with Crippen LogP contribution in [-0.2, 0) is 0 Å². The van der Waals surface area contributed by atoms with Crippen molar-refractivity contribution in [3.05, 3.63) is 47.8 Å². The summed E-state index contributed by atoms with van der Waals surface area (Å²) in [5.74, 6) is 0.0951. The maximum Gasteiger partial charge on any atom is 0.272 e. The molecule has 2 aliphatic rings. The van der Waals surface area contributed by atoms with Crippen LogP contribution in [0, 0.1) is 6.92 Å². The van der Waals surface area contributed by atoms with Crippen molar-refractivity contribution in [2.75, 3.05) is 26.2 Å². The standard InChI is InChI=1S/C21H28N4O/c1-17-16-20(25(22-17)19-10-6-3-7-11-19)21(26)24-14-12-23(13-15-24)18-8-4-2-5-9-18/h3,6-7,10-11,16,18H,2,4-5,8-9,12-15H2,1H3. The number of benzene rings is 1. The number of hydrogen-bond donors (Lipinski definition) is 0. The molecular formula is C21H28N4O. The topological polar surface area (TPSA) is 41.4 Å². The maximum atomic E-state index is 13.1. The van der Waals surface area contributed by atoms with Gasteiger partial charge in [-0.1, -0.05) is 37.5 Å². The number of nitrogens with zero attached hydrogens (tertiary/aromatic N) is 4. The molecule has 1 aliphatic carbocycles. The van der Waals surface area contributed by atoms with Gasteiger partial charge in [-0.3, -0.25) is 9.69 Å². The Bertz CT molecular complexity index is 741. The third-order valence-electron chi connectivity index (χ3n) is 5.74. The predicted molar refractivity (Wildman–Crippen MR) is 103 cm³/mol. The summed E-state index contributed by atoms with van der Waals surface area (Å²) in [6, 6.07) is 12.6. The van der Waals surface area contributed by atoms with Gasteiger partial charge >= 0.3 is 0 Å². The van der Waals surface area contributed by atoms with Crippen molar-refractivity contribution in [3.8, 4) is 5.69 Å². The van der Waals surface area contributed by atoms with Crippen LogP contribution in [-0.4, -0.2) is 57.7 Å². The van der Waals surface area contributed by atoms with E-state index in [1.165, 1.54) is 32.1 Å². The fourth-order valence-corrected chi connectivity index (χ4v) is 4.32. The van der Waals surface area contributed by atoms with Gasteiger partial charge in [0.1, 0.15) is 5.69 Å². The van der Waals surface area contributed by atoms with Crippen molar-refractivity contribution in [2.24, 2.45) is 0 Å². The molecule has 0 bridgehead atoms. The van der Waals surface area contributed by atoms with Gasteiger partial charge in [0, 0.05) is 32.2 Å². The highest BCUT2D eigenvalue weighted by Gasteiger charge is 2.29. The lowest BCUT2D eigenvalue weighted by atomic mass is 9.94. The minimum absolute atomic E-state index is 0.0951. The van der Waals surface area contributed by atoms with Crippen LogP contribution in [0.4, 0.5) is 0 Å². The monoisotopic (exact) mass is 352 g/mol. The van der Waals surface area contributed by atoms with Crippen molar-refractivity contribution < 1.29 is 4.79 Å². The molecule has 26 heavy (non-hydrogen) atoms. The van der Waals surface area contributed by atoms with Gasteiger partial charge < -0.3 is 4.90 Å². The van der Waals surface area contributed by atoms with Gasteiger partial charge in [-0.15, -0.1) is 0 Å². The second-order valence-electron chi connectivity index (χ2n) is 7.54. The quantitative estimate of drug-likeness (QED) is 0.851. The van der Waals surface area contributed by atoms with Crippen molar-refractivity contribution in [1.82, 2.24) is 19.6 Å². The maximum absolute atomic E-state index is 13.1. The number of hydrogen-bond acceptors (Lipinski definition) is 3. The largest absolute Gasteiger partial charge is 0.335 e. The summed E-state index contributed by atoms with van der Waals surface area (Å²) in [5, 5.41) is 4.54. The van der Waals surface area contributed by atoms with Crippen LogP contribution in [0.3, 0.4) is 0 Å². The Morgan fingerprint density at radius 3 is 2.38 bits per heavy atom. The van der Waals surface area contributed by atoms with Crippen molar-refractivity contribution in [2.45, 2.75) is 45.1 Å². The lowest BCUT2D eigenvalue weighted by Gasteiger charge is -2.40. The van der Waals surface area contributed by atoms with Gasteiger partial charge in [-0.25, -0.2) is 4.68 Å². The Labute approximate surface area is 155 Å². The zero-order valence-corrected chi connectivity index (χ0v) is 15.6. The molecule has 1 aromatic carbocycles. The number of carbonyl (C=O) groups is 1. The second kappa shape index (κ2) is 7.62. The third kappa shape index (κ3) is 3.54. The van der Waals surface area contributed by atoms with E-state index in [0.29, 0.717) is 5.69 Å². The third-order valence-corrected chi connectivity index (χ3v) is 5.74. The summed E-state index contributed by atoms with van der Waals surface area (Å²) in [7, 11) is 0. The van der Waals surface area contributed by atoms with Crippen molar-refractivity contribution in [1.29, 1.82) is 0 Å². The van der Waals surface area contributed by atoms with Crippen LogP contribution < -0.4 is 0 Å². The van der Waals surface area contributed by atoms with E-state index in [-0.39, 0.29) is 5.91 Å². The number of aromatic nitrogens is 2. The molecule has 1 aliphatic heterocycles. The van der Waals surface area contributed by atoms with Gasteiger partial charge in [0.2, 0.25) is 0 Å². The van der Waals surface area contributed by atoms with E-state index < -0.39 is 0 Å². The normalized spacial score (nSPS) is 19.7. The Hall–Kier alpha value is -2.14. The fourth-order valence-electron chi connectivity index (χ4n) is 4.32. The zero-order chi connectivity index (χ0) is 17.9. The molecule has 1 aromatic heterocycles. The highest BCUT2D eigenvalue weighted by atomic mass is 16.2. The van der Waals surface area contributed by atoms with Gasteiger partial charge in [-0.2, -0.15) is 5.10 Å². The Morgan fingerprint density at radius 2 is 1.69 bits per heavy atom. The fraction of sp³-hybridized carbons (Fsp3) is 0.524. The molecule has 0 N–H and O–H groups in total. The molecule has 0 spiro atoms. The van der Waals surface area contributed by atoms with Crippen LogP contribution >= 0.6 is 0 Å². The highest BCUT2D eigenvalue weighted by Crippen LogP contribution is 2.24. The molecule has 1 saturated heterocycles. The van der Waals surface area contributed by atoms with E-state index >= 15 is 0 Å². The zero-order valence-electron chi connectivity index (χ0n) is 15.6. The Balaban J connectivity index is 1.46. The second-order valence-corrected chi connectivity index (χ2v) is 7.54. The average Bonchev–Trinajstić information content (AvgIpc) is 3.11. The summed E-state index contributed by atoms with van der Waals surface area (Å²) in [6.45, 7) is 5.56. The molecule has 138 valence electrons. The lowest BCUT2D eigenvalue weighted by Crippen LogP contribution is -2.52. The van der Waals surface area contributed by atoms with Gasteiger partial charge in [-0.05, 0) is 38.0 Å². The van der Waals surface area contributed by atoms with Gasteiger partial charge in [0.15, 0.2) is 0 Å². The molecular weight excluding hydrogens is 324 g/mol. The predicted octanol–water partition coefficient (Wildman–Crippen LogP) is 3.27. The van der Waals surface area contributed by atoms with Crippen LogP contribution in [0.25, 0.3) is 5.69 Å². The smallest absolute Gasteiger partial charge is 0.272 e. The van der Waals surface area contributed by atoms with E-state index in [2.05, 4.69) is 10.00 Å². The first-order valence-electron chi connectivity index (χ1n) is 9.88. The molecule has 2 fully saturated rings. The molecule has 0 radical (unpaired) electrons. The minimum atomic E-state index is 0.0951. The Kier molecular flexibility index (Phi) is 5.07. The van der Waals surface area contributed by atoms with Crippen LogP contribution in [0.2, 0.25) is 0 Å². The Morgan fingerprint density at radius 1 is 1.00 bits per heavy atom.